The number of carbonyl (C=O) groups is 1. The molecule has 0 radical (unpaired) electrons. The Morgan fingerprint density at radius 3 is 2.92 bits per heavy atom. The predicted octanol–water partition coefficient (Wildman–Crippen LogP) is 2.93. The van der Waals surface area contributed by atoms with Gasteiger partial charge < -0.3 is 9.64 Å². The maximum Gasteiger partial charge on any atom is 0.290 e. The smallest absolute Gasteiger partial charge is 0.290 e. The first-order valence-corrected chi connectivity index (χ1v) is 8.88. The van der Waals surface area contributed by atoms with Crippen LogP contribution in [0.1, 0.15) is 23.0 Å². The number of ether oxygens (including phenoxy) is 1. The molecule has 0 saturated carbocycles. The van der Waals surface area contributed by atoms with E-state index in [9.17, 15) is 9.18 Å². The van der Waals surface area contributed by atoms with Crippen LogP contribution in [0.25, 0.3) is 0 Å². The van der Waals surface area contributed by atoms with Crippen LogP contribution in [0.2, 0.25) is 5.02 Å². The van der Waals surface area contributed by atoms with Crippen LogP contribution in [0.3, 0.4) is 0 Å². The first kappa shape index (κ1) is 17.8. The van der Waals surface area contributed by atoms with E-state index < -0.39 is 11.7 Å². The molecule has 1 saturated heterocycles. The number of nitrogens with one attached hydrogen (secondary N) is 1. The van der Waals surface area contributed by atoms with Crippen molar-refractivity contribution in [3.8, 4) is 0 Å². The number of nitrogens with zero attached hydrogens (tertiary/aromatic N) is 3. The molecule has 0 atom stereocenters. The summed E-state index contributed by atoms with van der Waals surface area (Å²) in [5.74, 6) is -0.836. The van der Waals surface area contributed by atoms with Crippen LogP contribution >= 0.6 is 22.9 Å². The van der Waals surface area contributed by atoms with Crippen molar-refractivity contribution in [3.05, 3.63) is 45.7 Å². The van der Waals surface area contributed by atoms with Crippen molar-refractivity contribution in [3.63, 3.8) is 0 Å². The zero-order chi connectivity index (χ0) is 17.8. The third-order valence-electron chi connectivity index (χ3n) is 3.65. The highest BCUT2D eigenvalue weighted by atomic mass is 35.5. The van der Waals surface area contributed by atoms with Gasteiger partial charge in [0.15, 0.2) is 5.13 Å². The van der Waals surface area contributed by atoms with Crippen molar-refractivity contribution in [1.29, 1.82) is 0 Å². The fraction of sp³-hybridized carbons (Fsp3) is 0.312. The summed E-state index contributed by atoms with van der Waals surface area (Å²) in [6.45, 7) is 4.51. The van der Waals surface area contributed by atoms with Gasteiger partial charge in [0.1, 0.15) is 11.5 Å². The molecule has 0 unspecified atom stereocenters. The summed E-state index contributed by atoms with van der Waals surface area (Å²) in [6.07, 6.45) is 0. The maximum absolute atomic E-state index is 13.1. The third kappa shape index (κ3) is 4.33. The van der Waals surface area contributed by atoms with Gasteiger partial charge in [0, 0.05) is 24.0 Å². The molecule has 25 heavy (non-hydrogen) atoms. The van der Waals surface area contributed by atoms with Crippen LogP contribution in [0.15, 0.2) is 28.7 Å². The second-order valence-corrected chi connectivity index (χ2v) is 6.62. The normalized spacial score (nSPS) is 15.3. The van der Waals surface area contributed by atoms with E-state index in [-0.39, 0.29) is 5.02 Å². The van der Waals surface area contributed by atoms with Gasteiger partial charge in [0.05, 0.1) is 23.9 Å². The number of halogens is 2. The number of amides is 1. The fourth-order valence-electron chi connectivity index (χ4n) is 2.30. The first-order chi connectivity index (χ1) is 12.0. The molecule has 6 nitrogen and oxygen atoms in total. The Morgan fingerprint density at radius 2 is 2.20 bits per heavy atom. The highest BCUT2D eigenvalue weighted by Crippen LogP contribution is 2.21. The Hall–Kier alpha value is -2.03. The van der Waals surface area contributed by atoms with E-state index in [4.69, 9.17) is 16.3 Å². The van der Waals surface area contributed by atoms with Gasteiger partial charge >= 0.3 is 0 Å². The molecule has 2 aromatic rings. The zero-order valence-corrected chi connectivity index (χ0v) is 15.0. The van der Waals surface area contributed by atoms with Crippen molar-refractivity contribution in [2.45, 2.75) is 6.92 Å². The number of anilines is 1. The first-order valence-electron chi connectivity index (χ1n) is 7.63. The molecule has 0 spiro atoms. The lowest BCUT2D eigenvalue weighted by Crippen LogP contribution is -2.36. The van der Waals surface area contributed by atoms with Crippen LogP contribution in [-0.2, 0) is 4.74 Å². The molecule has 1 amide bonds. The molecule has 1 aromatic carbocycles. The Bertz CT molecular complexity index is 805. The lowest BCUT2D eigenvalue weighted by molar-refractivity contribution is 0.0950. The van der Waals surface area contributed by atoms with Crippen molar-refractivity contribution >= 4 is 39.7 Å². The van der Waals surface area contributed by atoms with E-state index in [1.807, 2.05) is 0 Å². The lowest BCUT2D eigenvalue weighted by atomic mass is 10.1. The summed E-state index contributed by atoms with van der Waals surface area (Å²) in [5.41, 5.74) is 3.78. The van der Waals surface area contributed by atoms with Gasteiger partial charge in [-0.2, -0.15) is 5.10 Å². The number of hydrogen-bond donors (Lipinski definition) is 1. The van der Waals surface area contributed by atoms with Gasteiger partial charge in [0.2, 0.25) is 0 Å². The molecule has 0 aliphatic carbocycles. The molecule has 1 N–H and O–H groups in total. The van der Waals surface area contributed by atoms with Crippen molar-refractivity contribution in [2.24, 2.45) is 5.10 Å². The quantitative estimate of drug-likeness (QED) is 0.652. The van der Waals surface area contributed by atoms with Gasteiger partial charge in [-0.3, -0.25) is 4.79 Å². The SMILES string of the molecule is C/C(=N/NC(=O)c1csc(N2CCOCC2)n1)c1ccc(F)cc1Cl. The van der Waals surface area contributed by atoms with Crippen LogP contribution in [0.4, 0.5) is 9.52 Å². The standard InChI is InChI=1S/C16H16ClFN4O2S/c1-10(12-3-2-11(18)8-13(12)17)20-21-15(23)14-9-25-16(19-14)22-4-6-24-7-5-22/h2-3,8-9H,4-7H2,1H3,(H,21,23)/b20-10-. The fourth-order valence-corrected chi connectivity index (χ4v) is 3.47. The number of thiazole rings is 1. The number of hydrogen-bond acceptors (Lipinski definition) is 6. The molecule has 1 aliphatic heterocycles. The molecule has 1 aromatic heterocycles. The van der Waals surface area contributed by atoms with Crippen molar-refractivity contribution in [1.82, 2.24) is 10.4 Å². The van der Waals surface area contributed by atoms with E-state index >= 15 is 0 Å². The predicted molar refractivity (Wildman–Crippen MR) is 96.2 cm³/mol. The summed E-state index contributed by atoms with van der Waals surface area (Å²) in [6, 6.07) is 4.01. The van der Waals surface area contributed by atoms with Crippen LogP contribution in [0, 0.1) is 5.82 Å². The van der Waals surface area contributed by atoms with Crippen LogP contribution < -0.4 is 10.3 Å². The van der Waals surface area contributed by atoms with E-state index in [2.05, 4.69) is 20.4 Å². The molecule has 1 aliphatic rings. The second kappa shape index (κ2) is 7.90. The largest absolute Gasteiger partial charge is 0.378 e. The minimum atomic E-state index is -0.427. The lowest BCUT2D eigenvalue weighted by Gasteiger charge is -2.25. The molecule has 9 heteroatoms. The topological polar surface area (TPSA) is 66.8 Å². The summed E-state index contributed by atoms with van der Waals surface area (Å²) >= 11 is 7.39. The van der Waals surface area contributed by atoms with Gasteiger partial charge in [-0.05, 0) is 25.1 Å². The van der Waals surface area contributed by atoms with Crippen molar-refractivity contribution in [2.75, 3.05) is 31.2 Å². The summed E-state index contributed by atoms with van der Waals surface area (Å²) in [7, 11) is 0. The molecule has 132 valence electrons. The minimum absolute atomic E-state index is 0.235. The number of benzene rings is 1. The molecule has 0 bridgehead atoms. The Balaban J connectivity index is 1.66. The van der Waals surface area contributed by atoms with Crippen LogP contribution in [0.5, 0.6) is 0 Å². The summed E-state index contributed by atoms with van der Waals surface area (Å²) in [5, 5.41) is 6.74. The van der Waals surface area contributed by atoms with Gasteiger partial charge in [-0.1, -0.05) is 11.6 Å². The average Bonchev–Trinajstić information content (AvgIpc) is 3.10. The monoisotopic (exact) mass is 382 g/mol. The average molecular weight is 383 g/mol. The van der Waals surface area contributed by atoms with Gasteiger partial charge in [0.25, 0.3) is 5.91 Å². The van der Waals surface area contributed by atoms with E-state index in [1.54, 1.807) is 12.3 Å². The molecular formula is C16H16ClFN4O2S. The number of hydrazone groups is 1. The van der Waals surface area contributed by atoms with E-state index in [0.29, 0.717) is 30.2 Å². The van der Waals surface area contributed by atoms with Crippen molar-refractivity contribution < 1.29 is 13.9 Å². The Kier molecular flexibility index (Phi) is 5.62. The summed E-state index contributed by atoms with van der Waals surface area (Å²) < 4.78 is 18.4. The highest BCUT2D eigenvalue weighted by molar-refractivity contribution is 7.13. The number of carbonyl (C=O) groups excluding carboxylic acids is 1. The molecule has 3 rings (SSSR count). The zero-order valence-electron chi connectivity index (χ0n) is 13.5. The number of rotatable bonds is 4. The number of aromatic nitrogens is 1. The van der Waals surface area contributed by atoms with Gasteiger partial charge in [-0.15, -0.1) is 11.3 Å². The van der Waals surface area contributed by atoms with E-state index in [0.717, 1.165) is 18.2 Å². The third-order valence-corrected chi connectivity index (χ3v) is 4.87. The highest BCUT2D eigenvalue weighted by Gasteiger charge is 2.17. The summed E-state index contributed by atoms with van der Waals surface area (Å²) in [4.78, 5) is 18.6. The number of morpholine rings is 1. The molecular weight excluding hydrogens is 367 g/mol. The minimum Gasteiger partial charge on any atom is -0.378 e. The Labute approximate surface area is 153 Å². The molecule has 1 fully saturated rings. The van der Waals surface area contributed by atoms with Crippen LogP contribution in [-0.4, -0.2) is 42.9 Å². The van der Waals surface area contributed by atoms with Gasteiger partial charge in [-0.25, -0.2) is 14.8 Å². The Morgan fingerprint density at radius 1 is 1.44 bits per heavy atom. The molecule has 2 heterocycles. The maximum atomic E-state index is 13.1. The second-order valence-electron chi connectivity index (χ2n) is 5.38. The van der Waals surface area contributed by atoms with E-state index in [1.165, 1.54) is 29.5 Å².